The monoisotopic (exact) mass is 401 g/mol. The Hall–Kier alpha value is -2.80. The number of rotatable bonds is 7. The zero-order chi connectivity index (χ0) is 20.1. The maximum atomic E-state index is 12.3. The molecule has 1 aliphatic heterocycles. The van der Waals surface area contributed by atoms with Gasteiger partial charge in [0.25, 0.3) is 0 Å². The van der Waals surface area contributed by atoms with Gasteiger partial charge in [-0.3, -0.25) is 14.4 Å². The highest BCUT2D eigenvalue weighted by Gasteiger charge is 2.21. The fourth-order valence-corrected chi connectivity index (χ4v) is 3.35. The van der Waals surface area contributed by atoms with Crippen molar-refractivity contribution >= 4 is 41.0 Å². The molecule has 0 radical (unpaired) electrons. The molecule has 2 heterocycles. The van der Waals surface area contributed by atoms with E-state index in [0.29, 0.717) is 23.9 Å². The van der Waals surface area contributed by atoms with E-state index < -0.39 is 0 Å². The van der Waals surface area contributed by atoms with E-state index in [1.807, 2.05) is 13.0 Å². The molecule has 8 heteroatoms. The van der Waals surface area contributed by atoms with E-state index in [1.165, 1.54) is 6.08 Å². The molecule has 1 aromatic heterocycles. The second-order valence-electron chi connectivity index (χ2n) is 6.62. The van der Waals surface area contributed by atoms with E-state index in [-0.39, 0.29) is 11.9 Å². The van der Waals surface area contributed by atoms with Gasteiger partial charge in [-0.15, -0.1) is 0 Å². The van der Waals surface area contributed by atoms with Crippen LogP contribution in [-0.2, 0) is 11.3 Å². The van der Waals surface area contributed by atoms with Crippen LogP contribution in [0.5, 0.6) is 0 Å². The lowest BCUT2D eigenvalue weighted by molar-refractivity contribution is -0.111. The molecule has 148 valence electrons. The summed E-state index contributed by atoms with van der Waals surface area (Å²) < 4.78 is 1.77. The van der Waals surface area contributed by atoms with Gasteiger partial charge in [-0.05, 0) is 37.6 Å². The third kappa shape index (κ3) is 4.54. The summed E-state index contributed by atoms with van der Waals surface area (Å²) in [4.78, 5) is 25.8. The van der Waals surface area contributed by atoms with Crippen LogP contribution >= 0.6 is 11.6 Å². The van der Waals surface area contributed by atoms with Crippen LogP contribution in [0.4, 0.5) is 16.2 Å². The number of amides is 3. The zero-order valence-corrected chi connectivity index (χ0v) is 16.8. The molecule has 3 rings (SSSR count). The highest BCUT2D eigenvalue weighted by molar-refractivity contribution is 6.31. The van der Waals surface area contributed by atoms with Crippen molar-refractivity contribution in [3.63, 3.8) is 0 Å². The first-order valence-electron chi connectivity index (χ1n) is 9.37. The summed E-state index contributed by atoms with van der Waals surface area (Å²) in [5, 5.41) is 10.5. The Kier molecular flexibility index (Phi) is 6.36. The topological polar surface area (TPSA) is 79.3 Å². The van der Waals surface area contributed by atoms with Gasteiger partial charge in [-0.1, -0.05) is 31.0 Å². The van der Waals surface area contributed by atoms with Gasteiger partial charge >= 0.3 is 6.03 Å². The number of aryl methyl sites for hydroxylation is 2. The molecular formula is C20H24ClN5O2. The van der Waals surface area contributed by atoms with Crippen molar-refractivity contribution in [2.45, 2.75) is 33.2 Å². The number of nitrogens with zero attached hydrogens (tertiary/aromatic N) is 3. The van der Waals surface area contributed by atoms with Crippen LogP contribution in [0.1, 0.15) is 31.0 Å². The van der Waals surface area contributed by atoms with Crippen molar-refractivity contribution in [1.82, 2.24) is 15.1 Å². The van der Waals surface area contributed by atoms with Crippen molar-refractivity contribution in [3.8, 4) is 0 Å². The van der Waals surface area contributed by atoms with Gasteiger partial charge in [0, 0.05) is 42.6 Å². The molecule has 0 saturated carbocycles. The summed E-state index contributed by atoms with van der Waals surface area (Å²) >= 11 is 6.39. The SMILES string of the molecule is CCCCn1nc(C)c(/C=C/C(=O)Nc2cccc(N3CCNC3=O)c2)c1Cl. The molecular weight excluding hydrogens is 378 g/mol. The molecule has 7 nitrogen and oxygen atoms in total. The Balaban J connectivity index is 1.68. The lowest BCUT2D eigenvalue weighted by Gasteiger charge is -2.15. The summed E-state index contributed by atoms with van der Waals surface area (Å²) in [6.07, 6.45) is 5.17. The molecule has 28 heavy (non-hydrogen) atoms. The number of nitrogens with one attached hydrogen (secondary N) is 2. The summed E-state index contributed by atoms with van der Waals surface area (Å²) in [7, 11) is 0. The molecule has 2 N–H and O–H groups in total. The average Bonchev–Trinajstić information content (AvgIpc) is 3.21. The van der Waals surface area contributed by atoms with Gasteiger partial charge in [-0.25, -0.2) is 4.79 Å². The van der Waals surface area contributed by atoms with Gasteiger partial charge in [0.2, 0.25) is 5.91 Å². The number of unbranched alkanes of at least 4 members (excludes halogenated alkanes) is 1. The fourth-order valence-electron chi connectivity index (χ4n) is 3.03. The van der Waals surface area contributed by atoms with Crippen LogP contribution in [0.25, 0.3) is 6.08 Å². The van der Waals surface area contributed by atoms with E-state index in [2.05, 4.69) is 22.7 Å². The van der Waals surface area contributed by atoms with Gasteiger partial charge in [-0.2, -0.15) is 5.10 Å². The van der Waals surface area contributed by atoms with E-state index >= 15 is 0 Å². The number of carbonyl (C=O) groups is 2. The van der Waals surface area contributed by atoms with Gasteiger partial charge in [0.15, 0.2) is 0 Å². The molecule has 0 unspecified atom stereocenters. The van der Waals surface area contributed by atoms with Crippen LogP contribution in [0, 0.1) is 6.92 Å². The Morgan fingerprint density at radius 3 is 2.96 bits per heavy atom. The second-order valence-corrected chi connectivity index (χ2v) is 6.98. The first-order chi connectivity index (χ1) is 13.5. The highest BCUT2D eigenvalue weighted by Crippen LogP contribution is 2.23. The molecule has 1 aromatic carbocycles. The molecule has 0 spiro atoms. The van der Waals surface area contributed by atoms with Crippen LogP contribution in [0.2, 0.25) is 5.15 Å². The van der Waals surface area contributed by atoms with Gasteiger partial charge in [0.1, 0.15) is 5.15 Å². The molecule has 0 atom stereocenters. The maximum absolute atomic E-state index is 12.3. The van der Waals surface area contributed by atoms with Crippen molar-refractivity contribution in [3.05, 3.63) is 46.8 Å². The number of hydrogen-bond acceptors (Lipinski definition) is 3. The molecule has 1 saturated heterocycles. The summed E-state index contributed by atoms with van der Waals surface area (Å²) in [6.45, 7) is 5.96. The van der Waals surface area contributed by atoms with Crippen LogP contribution in [0.15, 0.2) is 30.3 Å². The van der Waals surface area contributed by atoms with Crippen LogP contribution < -0.4 is 15.5 Å². The number of anilines is 2. The average molecular weight is 402 g/mol. The first-order valence-corrected chi connectivity index (χ1v) is 9.74. The van der Waals surface area contributed by atoms with Gasteiger partial charge in [0.05, 0.1) is 5.69 Å². The highest BCUT2D eigenvalue weighted by atomic mass is 35.5. The Morgan fingerprint density at radius 1 is 1.43 bits per heavy atom. The largest absolute Gasteiger partial charge is 0.336 e. The summed E-state index contributed by atoms with van der Waals surface area (Å²) in [5.74, 6) is -0.278. The first kappa shape index (κ1) is 19.9. The zero-order valence-electron chi connectivity index (χ0n) is 16.0. The third-order valence-electron chi connectivity index (χ3n) is 4.52. The predicted octanol–water partition coefficient (Wildman–Crippen LogP) is 3.83. The van der Waals surface area contributed by atoms with Crippen LogP contribution in [0.3, 0.4) is 0 Å². The molecule has 0 bridgehead atoms. The number of halogens is 1. The minimum Gasteiger partial charge on any atom is -0.336 e. The van der Waals surface area contributed by atoms with Crippen molar-refractivity contribution in [2.75, 3.05) is 23.3 Å². The molecule has 3 amide bonds. The van der Waals surface area contributed by atoms with Crippen molar-refractivity contribution in [1.29, 1.82) is 0 Å². The third-order valence-corrected chi connectivity index (χ3v) is 4.92. The minimum atomic E-state index is -0.278. The summed E-state index contributed by atoms with van der Waals surface area (Å²) in [6, 6.07) is 7.07. The molecule has 2 aromatic rings. The number of urea groups is 1. The van der Waals surface area contributed by atoms with Gasteiger partial charge < -0.3 is 10.6 Å². The number of benzene rings is 1. The lowest BCUT2D eigenvalue weighted by atomic mass is 10.2. The Bertz CT molecular complexity index is 906. The number of carbonyl (C=O) groups excluding carboxylic acids is 2. The van der Waals surface area contributed by atoms with Crippen molar-refractivity contribution in [2.24, 2.45) is 0 Å². The van der Waals surface area contributed by atoms with E-state index in [9.17, 15) is 9.59 Å². The van der Waals surface area contributed by atoms with Crippen LogP contribution in [-0.4, -0.2) is 34.8 Å². The van der Waals surface area contributed by atoms with E-state index in [1.54, 1.807) is 33.9 Å². The second kappa shape index (κ2) is 8.93. The Labute approximate surface area is 169 Å². The smallest absolute Gasteiger partial charge is 0.321 e. The normalized spacial score (nSPS) is 14.0. The standard InChI is InChI=1S/C20H24ClN5O2/c1-3-4-11-26-19(21)17(14(2)24-26)8-9-18(27)23-15-6-5-7-16(13-15)25-12-10-22-20(25)28/h5-9,13H,3-4,10-12H2,1-2H3,(H,22,28)(H,23,27)/b9-8+. The fraction of sp³-hybridized carbons (Fsp3) is 0.350. The number of aromatic nitrogens is 2. The van der Waals surface area contributed by atoms with E-state index in [4.69, 9.17) is 11.6 Å². The predicted molar refractivity (Wildman–Crippen MR) is 112 cm³/mol. The quantitative estimate of drug-likeness (QED) is 0.692. The summed E-state index contributed by atoms with van der Waals surface area (Å²) in [5.41, 5.74) is 2.89. The Morgan fingerprint density at radius 2 is 2.25 bits per heavy atom. The van der Waals surface area contributed by atoms with E-state index in [0.717, 1.165) is 36.3 Å². The molecule has 1 fully saturated rings. The molecule has 1 aliphatic rings. The molecule has 0 aliphatic carbocycles. The maximum Gasteiger partial charge on any atom is 0.321 e. The lowest BCUT2D eigenvalue weighted by Crippen LogP contribution is -2.27. The number of hydrogen-bond donors (Lipinski definition) is 2. The minimum absolute atomic E-state index is 0.131. The van der Waals surface area contributed by atoms with Crippen molar-refractivity contribution < 1.29 is 9.59 Å².